The number of thiophene rings is 1. The molecule has 1 aliphatic heterocycles. The van der Waals surface area contributed by atoms with Crippen LogP contribution >= 0.6 is 11.3 Å². The number of rotatable bonds is 6. The number of nitrogens with zero attached hydrogens (tertiary/aromatic N) is 4. The molecule has 8 heteroatoms. The number of aliphatic hydroxyl groups is 1. The highest BCUT2D eigenvalue weighted by Gasteiger charge is 2.33. The molecule has 1 fully saturated rings. The first-order valence-electron chi connectivity index (χ1n) is 11.9. The highest BCUT2D eigenvalue weighted by molar-refractivity contribution is 7.22. The van der Waals surface area contributed by atoms with Crippen LogP contribution in [0, 0.1) is 0 Å². The molecular weight excluding hydrogens is 458 g/mol. The lowest BCUT2D eigenvalue weighted by Crippen LogP contribution is -2.48. The van der Waals surface area contributed by atoms with E-state index in [1.54, 1.807) is 11.3 Å². The van der Waals surface area contributed by atoms with E-state index in [0.29, 0.717) is 11.3 Å². The first-order chi connectivity index (χ1) is 17.0. The lowest BCUT2D eigenvalue weighted by Gasteiger charge is -2.34. The minimum atomic E-state index is -1.14. The lowest BCUT2D eigenvalue weighted by atomic mass is 9.88. The van der Waals surface area contributed by atoms with E-state index in [9.17, 15) is 9.90 Å². The van der Waals surface area contributed by atoms with E-state index in [-0.39, 0.29) is 12.5 Å². The Morgan fingerprint density at radius 1 is 1.06 bits per heavy atom. The number of hydrogen-bond acceptors (Lipinski definition) is 7. The van der Waals surface area contributed by atoms with Crippen molar-refractivity contribution < 1.29 is 9.90 Å². The Kier molecular flexibility index (Phi) is 6.62. The Morgan fingerprint density at radius 2 is 1.77 bits per heavy atom. The van der Waals surface area contributed by atoms with Crippen LogP contribution in [0.15, 0.2) is 67.0 Å². The zero-order valence-electron chi connectivity index (χ0n) is 19.7. The predicted molar refractivity (Wildman–Crippen MR) is 139 cm³/mol. The number of amides is 1. The average Bonchev–Trinajstić information content (AvgIpc) is 3.37. The second kappa shape index (κ2) is 9.83. The van der Waals surface area contributed by atoms with Gasteiger partial charge in [-0.25, -0.2) is 9.97 Å². The molecule has 0 radical (unpaired) electrons. The SMILES string of the molecule is CCN1CCN(C(=O)c2ccc(-c3cc4ncnc([C@](N)(CO)c5ccccc5)c4s3)cc2)CC1. The largest absolute Gasteiger partial charge is 0.394 e. The number of carbonyl (C=O) groups is 1. The summed E-state index contributed by atoms with van der Waals surface area (Å²) < 4.78 is 0.844. The molecule has 4 aromatic rings. The van der Waals surface area contributed by atoms with Crippen LogP contribution in [0.2, 0.25) is 0 Å². The van der Waals surface area contributed by atoms with Gasteiger partial charge in [-0.15, -0.1) is 11.3 Å². The number of aromatic nitrogens is 2. The van der Waals surface area contributed by atoms with Gasteiger partial charge in [0.2, 0.25) is 0 Å². The fraction of sp³-hybridized carbons (Fsp3) is 0.296. The van der Waals surface area contributed by atoms with E-state index >= 15 is 0 Å². The molecule has 2 aromatic heterocycles. The number of piperazine rings is 1. The van der Waals surface area contributed by atoms with Crippen molar-refractivity contribution in [2.45, 2.75) is 12.5 Å². The third-order valence-corrected chi connectivity index (χ3v) is 7.98. The minimum Gasteiger partial charge on any atom is -0.394 e. The van der Waals surface area contributed by atoms with E-state index in [1.807, 2.05) is 65.6 Å². The minimum absolute atomic E-state index is 0.0792. The summed E-state index contributed by atoms with van der Waals surface area (Å²) >= 11 is 1.54. The molecule has 0 saturated carbocycles. The Morgan fingerprint density at radius 3 is 2.43 bits per heavy atom. The Labute approximate surface area is 208 Å². The number of carbonyl (C=O) groups excluding carboxylic acids is 1. The molecule has 0 unspecified atom stereocenters. The molecule has 3 heterocycles. The first kappa shape index (κ1) is 23.6. The second-order valence-electron chi connectivity index (χ2n) is 8.85. The molecule has 0 spiro atoms. The van der Waals surface area contributed by atoms with Crippen LogP contribution in [0.3, 0.4) is 0 Å². The Hall–Kier alpha value is -3.17. The summed E-state index contributed by atoms with van der Waals surface area (Å²) in [6.45, 7) is 6.26. The number of likely N-dealkylation sites (N-methyl/N-ethyl adjacent to an activating group) is 1. The maximum absolute atomic E-state index is 13.0. The van der Waals surface area contributed by atoms with Gasteiger partial charge in [0, 0.05) is 36.6 Å². The normalized spacial score (nSPS) is 16.4. The third kappa shape index (κ3) is 4.46. The number of aliphatic hydroxyl groups excluding tert-OH is 1. The van der Waals surface area contributed by atoms with E-state index in [2.05, 4.69) is 21.8 Å². The van der Waals surface area contributed by atoms with Crippen molar-refractivity contribution in [2.24, 2.45) is 5.73 Å². The van der Waals surface area contributed by atoms with Crippen molar-refractivity contribution in [3.8, 4) is 10.4 Å². The highest BCUT2D eigenvalue weighted by Crippen LogP contribution is 2.38. The maximum atomic E-state index is 13.0. The van der Waals surface area contributed by atoms with Gasteiger partial charge in [0.15, 0.2) is 0 Å². The molecule has 2 aromatic carbocycles. The molecular formula is C27H29N5O2S. The second-order valence-corrected chi connectivity index (χ2v) is 9.90. The molecule has 0 bridgehead atoms. The zero-order valence-corrected chi connectivity index (χ0v) is 20.5. The van der Waals surface area contributed by atoms with Gasteiger partial charge in [-0.3, -0.25) is 4.79 Å². The fourth-order valence-electron chi connectivity index (χ4n) is 4.58. The molecule has 3 N–H and O–H groups in total. The zero-order chi connectivity index (χ0) is 24.4. The van der Waals surface area contributed by atoms with Crippen molar-refractivity contribution in [1.29, 1.82) is 0 Å². The van der Waals surface area contributed by atoms with Gasteiger partial charge in [0.1, 0.15) is 11.9 Å². The fourth-order valence-corrected chi connectivity index (χ4v) is 5.77. The maximum Gasteiger partial charge on any atom is 0.253 e. The van der Waals surface area contributed by atoms with E-state index in [1.165, 1.54) is 6.33 Å². The van der Waals surface area contributed by atoms with Crippen LogP contribution in [0.5, 0.6) is 0 Å². The Balaban J connectivity index is 1.43. The van der Waals surface area contributed by atoms with Gasteiger partial charge < -0.3 is 20.6 Å². The van der Waals surface area contributed by atoms with Gasteiger partial charge in [-0.05, 0) is 35.9 Å². The van der Waals surface area contributed by atoms with Crippen molar-refractivity contribution in [1.82, 2.24) is 19.8 Å². The molecule has 0 aliphatic carbocycles. The van der Waals surface area contributed by atoms with Gasteiger partial charge in [-0.1, -0.05) is 49.4 Å². The molecule has 1 aliphatic rings. The molecule has 1 atom stereocenters. The predicted octanol–water partition coefficient (Wildman–Crippen LogP) is 3.33. The summed E-state index contributed by atoms with van der Waals surface area (Å²) in [5.41, 5.74) is 9.45. The number of benzene rings is 2. The summed E-state index contributed by atoms with van der Waals surface area (Å²) in [6.07, 6.45) is 1.49. The standard InChI is InChI=1S/C27H29N5O2S/c1-2-31-12-14-32(15-13-31)26(34)20-10-8-19(9-11-20)23-16-22-24(35-23)25(30-18-29-22)27(28,17-33)21-6-4-3-5-7-21/h3-11,16,18,33H,2,12-15,17,28H2,1H3/t27-/m0/s1. The van der Waals surface area contributed by atoms with E-state index in [4.69, 9.17) is 5.73 Å². The number of hydrogen-bond donors (Lipinski definition) is 2. The topological polar surface area (TPSA) is 95.6 Å². The summed E-state index contributed by atoms with van der Waals surface area (Å²) in [6, 6.07) is 19.3. The molecule has 5 rings (SSSR count). The van der Waals surface area contributed by atoms with Crippen LogP contribution in [0.4, 0.5) is 0 Å². The molecule has 1 amide bonds. The van der Waals surface area contributed by atoms with Crippen molar-refractivity contribution >= 4 is 27.5 Å². The summed E-state index contributed by atoms with van der Waals surface area (Å²) in [5.74, 6) is 0.0792. The summed E-state index contributed by atoms with van der Waals surface area (Å²) in [7, 11) is 0. The van der Waals surface area contributed by atoms with Crippen LogP contribution < -0.4 is 5.73 Å². The van der Waals surface area contributed by atoms with Gasteiger partial charge in [0.25, 0.3) is 5.91 Å². The molecule has 7 nitrogen and oxygen atoms in total. The van der Waals surface area contributed by atoms with Gasteiger partial charge in [-0.2, -0.15) is 0 Å². The monoisotopic (exact) mass is 487 g/mol. The number of nitrogens with two attached hydrogens (primary N) is 1. The first-order valence-corrected chi connectivity index (χ1v) is 12.7. The van der Waals surface area contributed by atoms with E-state index in [0.717, 1.165) is 58.9 Å². The van der Waals surface area contributed by atoms with Crippen molar-refractivity contribution in [2.75, 3.05) is 39.3 Å². The summed E-state index contributed by atoms with van der Waals surface area (Å²) in [4.78, 5) is 27.2. The van der Waals surface area contributed by atoms with Crippen LogP contribution in [-0.4, -0.2) is 70.1 Å². The average molecular weight is 488 g/mol. The van der Waals surface area contributed by atoms with Crippen LogP contribution in [-0.2, 0) is 5.54 Å². The highest BCUT2D eigenvalue weighted by atomic mass is 32.1. The Bertz CT molecular complexity index is 1320. The molecule has 1 saturated heterocycles. The van der Waals surface area contributed by atoms with Crippen molar-refractivity contribution in [3.05, 3.63) is 83.8 Å². The summed E-state index contributed by atoms with van der Waals surface area (Å²) in [5, 5.41) is 10.3. The van der Waals surface area contributed by atoms with Crippen molar-refractivity contribution in [3.63, 3.8) is 0 Å². The van der Waals surface area contributed by atoms with E-state index < -0.39 is 5.54 Å². The van der Waals surface area contributed by atoms with Gasteiger partial charge >= 0.3 is 0 Å². The lowest BCUT2D eigenvalue weighted by molar-refractivity contribution is 0.0643. The van der Waals surface area contributed by atoms with Gasteiger partial charge in [0.05, 0.1) is 22.5 Å². The third-order valence-electron chi connectivity index (χ3n) is 6.80. The number of fused-ring (bicyclic) bond motifs is 1. The molecule has 180 valence electrons. The quantitative estimate of drug-likeness (QED) is 0.433. The van der Waals surface area contributed by atoms with Crippen LogP contribution in [0.25, 0.3) is 20.7 Å². The smallest absolute Gasteiger partial charge is 0.253 e. The van der Waals surface area contributed by atoms with Crippen LogP contribution in [0.1, 0.15) is 28.5 Å². The molecule has 35 heavy (non-hydrogen) atoms.